The van der Waals surface area contributed by atoms with Gasteiger partial charge in [0, 0.05) is 25.6 Å². The number of benzene rings is 2. The number of rotatable bonds is 9. The first-order chi connectivity index (χ1) is 17.1. The second-order valence-corrected chi connectivity index (χ2v) is 8.82. The molecule has 1 heterocycles. The van der Waals surface area contributed by atoms with Crippen molar-refractivity contribution in [3.63, 3.8) is 0 Å². The van der Waals surface area contributed by atoms with Crippen molar-refractivity contribution in [3.05, 3.63) is 64.2 Å². The van der Waals surface area contributed by atoms with Crippen molar-refractivity contribution < 1.29 is 29.0 Å². The Bertz CT molecular complexity index is 1200. The van der Waals surface area contributed by atoms with E-state index in [9.17, 15) is 19.5 Å². The second kappa shape index (κ2) is 11.4. The van der Waals surface area contributed by atoms with Crippen molar-refractivity contribution in [1.82, 2.24) is 9.80 Å². The summed E-state index contributed by atoms with van der Waals surface area (Å²) in [6, 6.07) is 9.41. The second-order valence-electron chi connectivity index (χ2n) is 8.82. The van der Waals surface area contributed by atoms with E-state index in [1.807, 2.05) is 27.7 Å². The van der Waals surface area contributed by atoms with Gasteiger partial charge in [0.05, 0.1) is 18.7 Å². The predicted octanol–water partition coefficient (Wildman–Crippen LogP) is 4.00. The van der Waals surface area contributed by atoms with Crippen LogP contribution in [-0.2, 0) is 14.4 Å². The molecule has 1 aliphatic heterocycles. The summed E-state index contributed by atoms with van der Waals surface area (Å²) in [7, 11) is 1.57. The van der Waals surface area contributed by atoms with E-state index in [1.54, 1.807) is 43.5 Å². The summed E-state index contributed by atoms with van der Waals surface area (Å²) in [5.41, 5.74) is 2.52. The third-order valence-electron chi connectivity index (χ3n) is 6.52. The molecule has 2 aromatic carbocycles. The third kappa shape index (κ3) is 5.44. The first kappa shape index (κ1) is 26.9. The molecule has 1 N–H and O–H groups in total. The molecule has 1 unspecified atom stereocenters. The fourth-order valence-corrected chi connectivity index (χ4v) is 4.57. The molecule has 36 heavy (non-hydrogen) atoms. The standard InChI is InChI=1S/C28H34N2O6/c1-7-29(8-2)12-13-30-25(20-10-9-11-21(16-20)36-19(5)31)24(27(33)28(30)34)26(32)22-14-18(4)23(35-6)15-17(22)3/h9-11,14-16,25,32H,7-8,12-13H2,1-6H3/b26-24+. The van der Waals surface area contributed by atoms with Crippen molar-refractivity contribution in [2.45, 2.75) is 40.7 Å². The fourth-order valence-electron chi connectivity index (χ4n) is 4.57. The van der Waals surface area contributed by atoms with Gasteiger partial charge >= 0.3 is 5.97 Å². The number of aliphatic hydroxyl groups excluding tert-OH is 1. The quantitative estimate of drug-likeness (QED) is 0.185. The van der Waals surface area contributed by atoms with Gasteiger partial charge in [-0.3, -0.25) is 14.4 Å². The molecule has 1 aliphatic rings. The van der Waals surface area contributed by atoms with Gasteiger partial charge in [-0.05, 0) is 67.9 Å². The molecule has 0 spiro atoms. The number of nitrogens with zero attached hydrogens (tertiary/aromatic N) is 2. The fraction of sp³-hybridized carbons (Fsp3) is 0.393. The lowest BCUT2D eigenvalue weighted by atomic mass is 9.93. The van der Waals surface area contributed by atoms with E-state index < -0.39 is 23.7 Å². The van der Waals surface area contributed by atoms with Gasteiger partial charge in [-0.2, -0.15) is 0 Å². The van der Waals surface area contributed by atoms with Gasteiger partial charge in [-0.15, -0.1) is 0 Å². The number of hydrogen-bond acceptors (Lipinski definition) is 7. The number of methoxy groups -OCH3 is 1. The van der Waals surface area contributed by atoms with Crippen molar-refractivity contribution in [2.24, 2.45) is 0 Å². The van der Waals surface area contributed by atoms with Crippen LogP contribution in [0.5, 0.6) is 11.5 Å². The lowest BCUT2D eigenvalue weighted by molar-refractivity contribution is -0.140. The number of amides is 1. The first-order valence-electron chi connectivity index (χ1n) is 12.1. The summed E-state index contributed by atoms with van der Waals surface area (Å²) in [5, 5.41) is 11.5. The molecule has 0 aliphatic carbocycles. The minimum Gasteiger partial charge on any atom is -0.507 e. The van der Waals surface area contributed by atoms with E-state index in [0.29, 0.717) is 41.3 Å². The van der Waals surface area contributed by atoms with Crippen molar-refractivity contribution >= 4 is 23.4 Å². The molecule has 0 saturated carbocycles. The van der Waals surface area contributed by atoms with Gasteiger partial charge in [-0.1, -0.05) is 26.0 Å². The van der Waals surface area contributed by atoms with Crippen LogP contribution in [0.15, 0.2) is 42.0 Å². The summed E-state index contributed by atoms with van der Waals surface area (Å²) in [4.78, 5) is 41.8. The average molecular weight is 495 g/mol. The number of likely N-dealkylation sites (tertiary alicyclic amines) is 1. The number of aliphatic hydroxyl groups is 1. The topological polar surface area (TPSA) is 96.4 Å². The van der Waals surface area contributed by atoms with Gasteiger partial charge < -0.3 is 24.4 Å². The largest absolute Gasteiger partial charge is 0.507 e. The van der Waals surface area contributed by atoms with E-state index >= 15 is 0 Å². The minimum atomic E-state index is -0.835. The Balaban J connectivity index is 2.19. The minimum absolute atomic E-state index is 0.00666. The number of carbonyl (C=O) groups is 3. The highest BCUT2D eigenvalue weighted by atomic mass is 16.5. The Labute approximate surface area is 212 Å². The van der Waals surface area contributed by atoms with Gasteiger partial charge in [0.25, 0.3) is 11.7 Å². The zero-order valence-corrected chi connectivity index (χ0v) is 21.8. The zero-order valence-electron chi connectivity index (χ0n) is 21.8. The van der Waals surface area contributed by atoms with Crippen LogP contribution in [0.4, 0.5) is 0 Å². The number of likely N-dealkylation sites (N-methyl/N-ethyl adjacent to an activating group) is 1. The summed E-state index contributed by atoms with van der Waals surface area (Å²) in [6.07, 6.45) is 0. The van der Waals surface area contributed by atoms with E-state index in [-0.39, 0.29) is 11.3 Å². The number of ketones is 1. The summed E-state index contributed by atoms with van der Waals surface area (Å²) in [5.74, 6) is -1.19. The van der Waals surface area contributed by atoms with Gasteiger partial charge in [-0.25, -0.2) is 0 Å². The summed E-state index contributed by atoms with van der Waals surface area (Å²) >= 11 is 0. The van der Waals surface area contributed by atoms with Crippen LogP contribution in [0.1, 0.15) is 49.1 Å². The smallest absolute Gasteiger partial charge is 0.308 e. The molecule has 1 fully saturated rings. The highest BCUT2D eigenvalue weighted by molar-refractivity contribution is 6.46. The number of esters is 1. The number of Topliss-reactive ketones (excluding diaryl/α,β-unsaturated/α-hetero) is 1. The first-order valence-corrected chi connectivity index (χ1v) is 12.1. The Morgan fingerprint density at radius 2 is 1.78 bits per heavy atom. The van der Waals surface area contributed by atoms with Crippen LogP contribution in [0.25, 0.3) is 5.76 Å². The summed E-state index contributed by atoms with van der Waals surface area (Å²) in [6.45, 7) is 11.5. The van der Waals surface area contributed by atoms with Crippen LogP contribution in [0.3, 0.4) is 0 Å². The molecule has 1 amide bonds. The molecule has 0 radical (unpaired) electrons. The molecule has 1 atom stereocenters. The zero-order chi connectivity index (χ0) is 26.6. The van der Waals surface area contributed by atoms with Gasteiger partial charge in [0.2, 0.25) is 0 Å². The number of ether oxygens (including phenoxy) is 2. The molecule has 2 aromatic rings. The van der Waals surface area contributed by atoms with Crippen LogP contribution in [-0.4, -0.2) is 65.9 Å². The van der Waals surface area contributed by atoms with Crippen LogP contribution < -0.4 is 9.47 Å². The van der Waals surface area contributed by atoms with E-state index in [2.05, 4.69) is 4.90 Å². The highest BCUT2D eigenvalue weighted by Gasteiger charge is 2.46. The normalized spacial score (nSPS) is 17.1. The molecule has 8 nitrogen and oxygen atoms in total. The molecule has 0 aromatic heterocycles. The van der Waals surface area contributed by atoms with Crippen molar-refractivity contribution in [1.29, 1.82) is 0 Å². The maximum absolute atomic E-state index is 13.3. The van der Waals surface area contributed by atoms with Crippen molar-refractivity contribution in [2.75, 3.05) is 33.3 Å². The average Bonchev–Trinajstić information content (AvgIpc) is 3.10. The van der Waals surface area contributed by atoms with E-state index in [1.165, 1.54) is 11.8 Å². The Kier molecular flexibility index (Phi) is 8.53. The Morgan fingerprint density at radius 3 is 2.39 bits per heavy atom. The molecule has 8 heteroatoms. The number of aryl methyl sites for hydroxylation is 2. The van der Waals surface area contributed by atoms with E-state index in [0.717, 1.165) is 18.7 Å². The Hall–Kier alpha value is -3.65. The molecular weight excluding hydrogens is 460 g/mol. The third-order valence-corrected chi connectivity index (χ3v) is 6.52. The molecule has 192 valence electrons. The SMILES string of the molecule is CCN(CC)CCN1C(=O)C(=O)/C(=C(/O)c2cc(C)c(OC)cc2C)C1c1cccc(OC(C)=O)c1. The van der Waals surface area contributed by atoms with Crippen LogP contribution in [0, 0.1) is 13.8 Å². The lowest BCUT2D eigenvalue weighted by Crippen LogP contribution is -2.38. The van der Waals surface area contributed by atoms with Crippen LogP contribution in [0.2, 0.25) is 0 Å². The monoisotopic (exact) mass is 494 g/mol. The van der Waals surface area contributed by atoms with Crippen molar-refractivity contribution in [3.8, 4) is 11.5 Å². The van der Waals surface area contributed by atoms with Crippen LogP contribution >= 0.6 is 0 Å². The number of carbonyl (C=O) groups excluding carboxylic acids is 3. The maximum atomic E-state index is 13.3. The molecular formula is C28H34N2O6. The highest BCUT2D eigenvalue weighted by Crippen LogP contribution is 2.41. The van der Waals surface area contributed by atoms with Gasteiger partial charge in [0.15, 0.2) is 0 Å². The molecule has 0 bridgehead atoms. The van der Waals surface area contributed by atoms with Gasteiger partial charge in [0.1, 0.15) is 17.3 Å². The lowest BCUT2D eigenvalue weighted by Gasteiger charge is -2.28. The molecule has 1 saturated heterocycles. The van der Waals surface area contributed by atoms with E-state index in [4.69, 9.17) is 9.47 Å². The summed E-state index contributed by atoms with van der Waals surface area (Å²) < 4.78 is 10.6. The maximum Gasteiger partial charge on any atom is 0.308 e. The Morgan fingerprint density at radius 1 is 1.08 bits per heavy atom. The molecule has 3 rings (SSSR count). The number of hydrogen-bond donors (Lipinski definition) is 1. The predicted molar refractivity (Wildman–Crippen MR) is 137 cm³/mol.